The molecule has 0 radical (unpaired) electrons. The van der Waals surface area contributed by atoms with Crippen LogP contribution in [0.5, 0.6) is 0 Å². The average molecular weight is 314 g/mol. The highest BCUT2D eigenvalue weighted by atomic mass is 19.1. The Balaban J connectivity index is 1.69. The molecule has 3 rings (SSSR count). The number of aromatic amines is 1. The summed E-state index contributed by atoms with van der Waals surface area (Å²) >= 11 is 0. The van der Waals surface area contributed by atoms with E-state index in [1.165, 1.54) is 29.5 Å². The van der Waals surface area contributed by atoms with Crippen molar-refractivity contribution in [2.45, 2.75) is 19.5 Å². The number of hydrogen-bond acceptors (Lipinski definition) is 4. The molecule has 118 valence electrons. The molecule has 1 unspecified atom stereocenters. The molecule has 0 aliphatic rings. The molecular formula is C15H15FN6O. The molecule has 0 spiro atoms. The van der Waals surface area contributed by atoms with Crippen LogP contribution in [0.25, 0.3) is 11.3 Å². The zero-order valence-electron chi connectivity index (χ0n) is 12.4. The number of halogens is 1. The molecule has 3 aromatic rings. The van der Waals surface area contributed by atoms with Crippen LogP contribution < -0.4 is 5.32 Å². The highest BCUT2D eigenvalue weighted by Crippen LogP contribution is 2.21. The molecule has 2 heterocycles. The summed E-state index contributed by atoms with van der Waals surface area (Å²) in [4.78, 5) is 16.0. The summed E-state index contributed by atoms with van der Waals surface area (Å²) in [6.07, 6.45) is 4.51. The summed E-state index contributed by atoms with van der Waals surface area (Å²) < 4.78 is 14.5. The lowest BCUT2D eigenvalue weighted by Crippen LogP contribution is -2.30. The first-order valence-corrected chi connectivity index (χ1v) is 7.05. The van der Waals surface area contributed by atoms with Crippen molar-refractivity contribution in [2.24, 2.45) is 0 Å². The van der Waals surface area contributed by atoms with Crippen molar-refractivity contribution in [1.82, 2.24) is 30.3 Å². The Kier molecular flexibility index (Phi) is 4.13. The van der Waals surface area contributed by atoms with Crippen LogP contribution in [0.4, 0.5) is 4.39 Å². The van der Waals surface area contributed by atoms with Crippen molar-refractivity contribution in [3.63, 3.8) is 0 Å². The van der Waals surface area contributed by atoms with Gasteiger partial charge in [0.2, 0.25) is 5.91 Å². The second kappa shape index (κ2) is 6.39. The van der Waals surface area contributed by atoms with E-state index < -0.39 is 6.04 Å². The van der Waals surface area contributed by atoms with Gasteiger partial charge >= 0.3 is 0 Å². The second-order valence-electron chi connectivity index (χ2n) is 5.05. The maximum Gasteiger partial charge on any atom is 0.244 e. The summed E-state index contributed by atoms with van der Waals surface area (Å²) in [5.41, 5.74) is 2.37. The van der Waals surface area contributed by atoms with Gasteiger partial charge in [0, 0.05) is 17.7 Å². The van der Waals surface area contributed by atoms with Gasteiger partial charge in [-0.15, -0.1) is 0 Å². The summed E-state index contributed by atoms with van der Waals surface area (Å²) in [5.74, 6) is -0.480. The first-order chi connectivity index (χ1) is 11.1. The van der Waals surface area contributed by atoms with Crippen LogP contribution in [0.15, 0.2) is 43.1 Å². The van der Waals surface area contributed by atoms with Crippen LogP contribution in [0.3, 0.4) is 0 Å². The van der Waals surface area contributed by atoms with Crippen molar-refractivity contribution < 1.29 is 9.18 Å². The Morgan fingerprint density at radius 1 is 1.39 bits per heavy atom. The van der Waals surface area contributed by atoms with Crippen LogP contribution in [-0.4, -0.2) is 30.9 Å². The third-order valence-electron chi connectivity index (χ3n) is 3.52. The lowest BCUT2D eigenvalue weighted by Gasteiger charge is -2.12. The van der Waals surface area contributed by atoms with Crippen molar-refractivity contribution in [2.75, 3.05) is 0 Å². The highest BCUT2D eigenvalue weighted by Gasteiger charge is 2.16. The van der Waals surface area contributed by atoms with E-state index >= 15 is 0 Å². The molecule has 1 atom stereocenters. The standard InChI is InChI=1S/C15H15FN6O/c1-10(22-9-17-8-20-22)15(23)18-6-12-7-19-21-14(12)11-2-4-13(16)5-3-11/h2-5,7-10H,6H2,1H3,(H,18,23)(H,19,21). The predicted octanol–water partition coefficient (Wildman–Crippen LogP) is 1.68. The lowest BCUT2D eigenvalue weighted by atomic mass is 10.1. The van der Waals surface area contributed by atoms with E-state index in [0.717, 1.165) is 16.8 Å². The molecular weight excluding hydrogens is 299 g/mol. The molecule has 2 aromatic heterocycles. The van der Waals surface area contributed by atoms with E-state index in [2.05, 4.69) is 25.6 Å². The normalized spacial score (nSPS) is 12.1. The molecule has 0 fully saturated rings. The minimum absolute atomic E-state index is 0.179. The van der Waals surface area contributed by atoms with E-state index in [0.29, 0.717) is 6.54 Å². The third-order valence-corrected chi connectivity index (χ3v) is 3.52. The molecule has 0 saturated carbocycles. The SMILES string of the molecule is CC(C(=O)NCc1cn[nH]c1-c1ccc(F)cc1)n1cncn1. The van der Waals surface area contributed by atoms with Gasteiger partial charge in [-0.3, -0.25) is 9.89 Å². The van der Waals surface area contributed by atoms with Crippen LogP contribution in [-0.2, 0) is 11.3 Å². The number of hydrogen-bond donors (Lipinski definition) is 2. The van der Waals surface area contributed by atoms with E-state index in [9.17, 15) is 9.18 Å². The number of amides is 1. The Morgan fingerprint density at radius 3 is 2.87 bits per heavy atom. The topological polar surface area (TPSA) is 88.5 Å². The van der Waals surface area contributed by atoms with Crippen molar-refractivity contribution in [3.05, 3.63) is 54.5 Å². The minimum Gasteiger partial charge on any atom is -0.350 e. The molecule has 1 amide bonds. The molecule has 2 N–H and O–H groups in total. The third kappa shape index (κ3) is 3.25. The Bertz CT molecular complexity index is 781. The number of rotatable bonds is 5. The summed E-state index contributed by atoms with van der Waals surface area (Å²) in [5, 5.41) is 13.6. The fourth-order valence-corrected chi connectivity index (χ4v) is 2.18. The molecule has 23 heavy (non-hydrogen) atoms. The fraction of sp³-hybridized carbons (Fsp3) is 0.200. The number of carbonyl (C=O) groups is 1. The smallest absolute Gasteiger partial charge is 0.244 e. The van der Waals surface area contributed by atoms with Gasteiger partial charge in [0.05, 0.1) is 11.9 Å². The van der Waals surface area contributed by atoms with Gasteiger partial charge in [-0.2, -0.15) is 10.2 Å². The summed E-state index contributed by atoms with van der Waals surface area (Å²) in [7, 11) is 0. The number of carbonyl (C=O) groups excluding carboxylic acids is 1. The van der Waals surface area contributed by atoms with Gasteiger partial charge in [-0.1, -0.05) is 0 Å². The maximum atomic E-state index is 13.0. The second-order valence-corrected chi connectivity index (χ2v) is 5.05. The Hall–Kier alpha value is -3.03. The number of aromatic nitrogens is 5. The first-order valence-electron chi connectivity index (χ1n) is 7.05. The molecule has 1 aromatic carbocycles. The minimum atomic E-state index is -0.460. The van der Waals surface area contributed by atoms with Crippen LogP contribution in [0.2, 0.25) is 0 Å². The fourth-order valence-electron chi connectivity index (χ4n) is 2.18. The Morgan fingerprint density at radius 2 is 2.17 bits per heavy atom. The quantitative estimate of drug-likeness (QED) is 0.750. The van der Waals surface area contributed by atoms with Gasteiger partial charge in [-0.25, -0.2) is 14.1 Å². The van der Waals surface area contributed by atoms with Crippen molar-refractivity contribution in [1.29, 1.82) is 0 Å². The van der Waals surface area contributed by atoms with E-state index in [1.807, 2.05) is 0 Å². The molecule has 0 bridgehead atoms. The van der Waals surface area contributed by atoms with Crippen LogP contribution in [0, 0.1) is 5.82 Å². The first kappa shape index (κ1) is 14.9. The van der Waals surface area contributed by atoms with E-state index in [1.54, 1.807) is 25.3 Å². The highest BCUT2D eigenvalue weighted by molar-refractivity contribution is 5.80. The van der Waals surface area contributed by atoms with Gasteiger partial charge < -0.3 is 5.32 Å². The average Bonchev–Trinajstić information content (AvgIpc) is 3.24. The number of benzene rings is 1. The lowest BCUT2D eigenvalue weighted by molar-refractivity contribution is -0.124. The van der Waals surface area contributed by atoms with Crippen LogP contribution in [0.1, 0.15) is 18.5 Å². The predicted molar refractivity (Wildman–Crippen MR) is 80.6 cm³/mol. The zero-order valence-corrected chi connectivity index (χ0v) is 12.4. The molecule has 7 nitrogen and oxygen atoms in total. The van der Waals surface area contributed by atoms with Gasteiger partial charge in [0.1, 0.15) is 24.5 Å². The molecule has 0 aliphatic carbocycles. The van der Waals surface area contributed by atoms with Gasteiger partial charge in [0.15, 0.2) is 0 Å². The zero-order chi connectivity index (χ0) is 16.2. The van der Waals surface area contributed by atoms with Crippen molar-refractivity contribution in [3.8, 4) is 11.3 Å². The van der Waals surface area contributed by atoms with E-state index in [-0.39, 0.29) is 11.7 Å². The number of nitrogens with zero attached hydrogens (tertiary/aromatic N) is 4. The van der Waals surface area contributed by atoms with E-state index in [4.69, 9.17) is 0 Å². The van der Waals surface area contributed by atoms with Gasteiger partial charge in [0.25, 0.3) is 0 Å². The molecule has 8 heteroatoms. The largest absolute Gasteiger partial charge is 0.350 e. The van der Waals surface area contributed by atoms with Crippen LogP contribution >= 0.6 is 0 Å². The monoisotopic (exact) mass is 314 g/mol. The molecule has 0 saturated heterocycles. The maximum absolute atomic E-state index is 13.0. The Labute approximate surface area is 131 Å². The molecule has 0 aliphatic heterocycles. The summed E-state index contributed by atoms with van der Waals surface area (Å²) in [6.45, 7) is 2.04. The van der Waals surface area contributed by atoms with Crippen molar-refractivity contribution >= 4 is 5.91 Å². The number of H-pyrrole nitrogens is 1. The number of nitrogens with one attached hydrogen (secondary N) is 2. The van der Waals surface area contributed by atoms with Gasteiger partial charge in [-0.05, 0) is 31.2 Å². The summed E-state index contributed by atoms with van der Waals surface area (Å²) in [6, 6.07) is 5.62.